The zero-order valence-corrected chi connectivity index (χ0v) is 21.2. The summed E-state index contributed by atoms with van der Waals surface area (Å²) in [6.07, 6.45) is -5.12. The number of Topliss-reactive ketones (excluding diaryl/α,β-unsaturated/α-hetero) is 1. The minimum absolute atomic E-state index is 0.0173. The van der Waals surface area contributed by atoms with Gasteiger partial charge in [0.05, 0.1) is 42.1 Å². The Morgan fingerprint density at radius 2 is 1.85 bits per heavy atom. The summed E-state index contributed by atoms with van der Waals surface area (Å²) in [4.78, 5) is 39.7. The molecule has 1 saturated heterocycles. The summed E-state index contributed by atoms with van der Waals surface area (Å²) in [6, 6.07) is 3.64. The molecule has 2 aliphatic carbocycles. The molecular formula is C27H29NO11. The molecule has 0 saturated carbocycles. The summed E-state index contributed by atoms with van der Waals surface area (Å²) in [6.45, 7) is 0.560. The SMILES string of the molecule is COc1cccc2c1C(=O)c1c(O)c3c(c(O)c1C2=O)C[C@@](O)(C(=O)CO)C[C@@H]3OC1CC(N)[C@H](O)[C@H](C)O1. The van der Waals surface area contributed by atoms with E-state index < -0.39 is 95.7 Å². The van der Waals surface area contributed by atoms with Gasteiger partial charge < -0.3 is 45.5 Å². The van der Waals surface area contributed by atoms with Crippen LogP contribution in [0.15, 0.2) is 18.2 Å². The largest absolute Gasteiger partial charge is 0.507 e. The maximum absolute atomic E-state index is 13.6. The molecule has 1 aliphatic heterocycles. The molecule has 0 radical (unpaired) electrons. The molecule has 208 valence electrons. The van der Waals surface area contributed by atoms with Gasteiger partial charge in [0.2, 0.25) is 5.78 Å². The molecule has 7 N–H and O–H groups in total. The van der Waals surface area contributed by atoms with E-state index in [1.807, 2.05) is 0 Å². The number of rotatable bonds is 5. The van der Waals surface area contributed by atoms with Crippen molar-refractivity contribution in [3.05, 3.63) is 51.6 Å². The Hall–Kier alpha value is -3.39. The van der Waals surface area contributed by atoms with Crippen LogP contribution in [-0.2, 0) is 20.7 Å². The van der Waals surface area contributed by atoms with Crippen LogP contribution in [0, 0.1) is 0 Å². The van der Waals surface area contributed by atoms with Crippen LogP contribution in [0.3, 0.4) is 0 Å². The van der Waals surface area contributed by atoms with Gasteiger partial charge in [0.1, 0.15) is 29.5 Å². The average Bonchev–Trinajstić information content (AvgIpc) is 2.90. The molecular weight excluding hydrogens is 514 g/mol. The molecule has 0 aromatic heterocycles. The summed E-state index contributed by atoms with van der Waals surface area (Å²) in [5.41, 5.74) is 2.37. The number of phenols is 2. The van der Waals surface area contributed by atoms with Gasteiger partial charge in [0.25, 0.3) is 0 Å². The number of hydrogen-bond acceptors (Lipinski definition) is 12. The number of benzene rings is 2. The van der Waals surface area contributed by atoms with Gasteiger partial charge in [-0.15, -0.1) is 0 Å². The Balaban J connectivity index is 1.69. The van der Waals surface area contributed by atoms with Crippen molar-refractivity contribution in [3.8, 4) is 17.2 Å². The van der Waals surface area contributed by atoms with Crippen molar-refractivity contribution < 1.29 is 54.1 Å². The third-order valence-corrected chi connectivity index (χ3v) is 7.81. The molecule has 1 heterocycles. The van der Waals surface area contributed by atoms with Gasteiger partial charge in [0, 0.05) is 42.0 Å². The van der Waals surface area contributed by atoms with Crippen molar-refractivity contribution in [3.63, 3.8) is 0 Å². The number of ketones is 3. The van der Waals surface area contributed by atoms with Gasteiger partial charge in [-0.3, -0.25) is 14.4 Å². The Morgan fingerprint density at radius 1 is 1.15 bits per heavy atom. The fraction of sp³-hybridized carbons (Fsp3) is 0.444. The number of aliphatic hydroxyl groups excluding tert-OH is 2. The van der Waals surface area contributed by atoms with Crippen LogP contribution < -0.4 is 10.5 Å². The van der Waals surface area contributed by atoms with Crippen molar-refractivity contribution in [1.82, 2.24) is 0 Å². The van der Waals surface area contributed by atoms with E-state index in [1.54, 1.807) is 6.92 Å². The van der Waals surface area contributed by atoms with Crippen LogP contribution in [0.5, 0.6) is 17.2 Å². The number of nitrogens with two attached hydrogens (primary N) is 1. The highest BCUT2D eigenvalue weighted by Gasteiger charge is 2.50. The van der Waals surface area contributed by atoms with Gasteiger partial charge in [-0.1, -0.05) is 12.1 Å². The first-order valence-electron chi connectivity index (χ1n) is 12.4. The van der Waals surface area contributed by atoms with E-state index in [4.69, 9.17) is 19.9 Å². The number of carbonyl (C=O) groups excluding carboxylic acids is 3. The molecule has 2 aromatic carbocycles. The van der Waals surface area contributed by atoms with Crippen LogP contribution in [0.4, 0.5) is 0 Å². The third kappa shape index (κ3) is 4.11. The number of phenolic OH excluding ortho intramolecular Hbond substituents is 2. The first-order chi connectivity index (χ1) is 18.4. The highest BCUT2D eigenvalue weighted by atomic mass is 16.7. The van der Waals surface area contributed by atoms with Crippen molar-refractivity contribution in [2.24, 2.45) is 5.73 Å². The standard InChI is InChI=1S/C27H29NO11/c1-10-22(31)13(28)6-17(38-10)39-15-8-27(36,16(30)9-29)7-12-19(15)26(35)21-20(24(12)33)23(32)11-4-3-5-14(37-2)18(11)25(21)34/h3-5,10,13,15,17,22,29,31,33,35-36H,6-9,28H2,1-2H3/t10-,13?,15-,17?,22+,27-/m0/s1. The molecule has 12 heteroatoms. The van der Waals surface area contributed by atoms with Crippen LogP contribution in [0.1, 0.15) is 68.8 Å². The number of methoxy groups -OCH3 is 1. The van der Waals surface area contributed by atoms with E-state index in [1.165, 1.54) is 25.3 Å². The molecule has 1 fully saturated rings. The van der Waals surface area contributed by atoms with Gasteiger partial charge in [0.15, 0.2) is 17.9 Å². The van der Waals surface area contributed by atoms with E-state index >= 15 is 0 Å². The maximum Gasteiger partial charge on any atom is 0.202 e. The first-order valence-corrected chi connectivity index (χ1v) is 12.4. The lowest BCUT2D eigenvalue weighted by Crippen LogP contribution is -2.53. The van der Waals surface area contributed by atoms with Crippen LogP contribution in [0.25, 0.3) is 0 Å². The molecule has 39 heavy (non-hydrogen) atoms. The summed E-state index contributed by atoms with van der Waals surface area (Å²) in [5, 5.41) is 53.7. The lowest BCUT2D eigenvalue weighted by Gasteiger charge is -2.42. The molecule has 0 amide bonds. The normalized spacial score (nSPS) is 29.8. The van der Waals surface area contributed by atoms with Crippen LogP contribution in [-0.4, -0.2) is 86.7 Å². The van der Waals surface area contributed by atoms with Crippen LogP contribution in [0.2, 0.25) is 0 Å². The van der Waals surface area contributed by atoms with E-state index in [0.29, 0.717) is 0 Å². The number of aromatic hydroxyl groups is 2. The van der Waals surface area contributed by atoms with Crippen molar-refractivity contribution in [2.75, 3.05) is 13.7 Å². The second kappa shape index (κ2) is 9.66. The minimum Gasteiger partial charge on any atom is -0.507 e. The quantitative estimate of drug-likeness (QED) is 0.235. The van der Waals surface area contributed by atoms with Crippen LogP contribution >= 0.6 is 0 Å². The first kappa shape index (κ1) is 27.2. The topological polar surface area (TPSA) is 206 Å². The van der Waals surface area contributed by atoms with Gasteiger partial charge in [-0.25, -0.2) is 0 Å². The predicted molar refractivity (Wildman–Crippen MR) is 132 cm³/mol. The highest BCUT2D eigenvalue weighted by molar-refractivity contribution is 6.31. The zero-order chi connectivity index (χ0) is 28.4. The molecule has 6 atom stereocenters. The monoisotopic (exact) mass is 543 g/mol. The molecule has 0 spiro atoms. The van der Waals surface area contributed by atoms with Crippen molar-refractivity contribution in [1.29, 1.82) is 0 Å². The number of carbonyl (C=O) groups is 3. The molecule has 2 aromatic rings. The highest BCUT2D eigenvalue weighted by Crippen LogP contribution is 2.52. The predicted octanol–water partition coefficient (Wildman–Crippen LogP) is 0.00130. The van der Waals surface area contributed by atoms with E-state index in [0.717, 1.165) is 0 Å². The summed E-state index contributed by atoms with van der Waals surface area (Å²) >= 11 is 0. The summed E-state index contributed by atoms with van der Waals surface area (Å²) in [7, 11) is 1.32. The third-order valence-electron chi connectivity index (χ3n) is 7.81. The van der Waals surface area contributed by atoms with Crippen molar-refractivity contribution in [2.45, 2.75) is 62.4 Å². The van der Waals surface area contributed by atoms with E-state index in [-0.39, 0.29) is 34.4 Å². The van der Waals surface area contributed by atoms with E-state index in [9.17, 15) is 39.9 Å². The van der Waals surface area contributed by atoms with Crippen molar-refractivity contribution >= 4 is 17.3 Å². The zero-order valence-electron chi connectivity index (χ0n) is 21.2. The number of fused-ring (bicyclic) bond motifs is 3. The smallest absolute Gasteiger partial charge is 0.202 e. The number of ether oxygens (including phenoxy) is 3. The molecule has 3 aliphatic rings. The Bertz CT molecular complexity index is 1380. The maximum atomic E-state index is 13.6. The number of hydrogen-bond donors (Lipinski definition) is 6. The van der Waals surface area contributed by atoms with Gasteiger partial charge >= 0.3 is 0 Å². The Morgan fingerprint density at radius 3 is 2.49 bits per heavy atom. The summed E-state index contributed by atoms with van der Waals surface area (Å²) < 4.78 is 17.0. The molecule has 5 rings (SSSR count). The lowest BCUT2D eigenvalue weighted by atomic mass is 9.72. The fourth-order valence-electron chi connectivity index (χ4n) is 5.75. The summed E-state index contributed by atoms with van der Waals surface area (Å²) in [5.74, 6) is -3.77. The second-order valence-electron chi connectivity index (χ2n) is 10.2. The fourth-order valence-corrected chi connectivity index (χ4v) is 5.75. The molecule has 2 unspecified atom stereocenters. The lowest BCUT2D eigenvalue weighted by molar-refractivity contribution is -0.247. The average molecular weight is 544 g/mol. The second-order valence-corrected chi connectivity index (χ2v) is 10.2. The Kier molecular flexibility index (Phi) is 6.74. The Labute approximate surface area is 222 Å². The molecule has 0 bridgehead atoms. The minimum atomic E-state index is -2.24. The molecule has 12 nitrogen and oxygen atoms in total. The van der Waals surface area contributed by atoms with Gasteiger partial charge in [-0.05, 0) is 13.0 Å². The van der Waals surface area contributed by atoms with E-state index in [2.05, 4.69) is 0 Å². The van der Waals surface area contributed by atoms with Gasteiger partial charge in [-0.2, -0.15) is 0 Å². The number of aliphatic hydroxyl groups is 3.